The molecule has 2 aromatic heterocycles. The van der Waals surface area contributed by atoms with E-state index >= 15 is 0 Å². The van der Waals surface area contributed by atoms with E-state index in [0.29, 0.717) is 11.9 Å². The molecule has 0 aliphatic rings. The first-order valence-electron chi connectivity index (χ1n) is 5.83. The van der Waals surface area contributed by atoms with Gasteiger partial charge in [-0.15, -0.1) is 0 Å². The second-order valence-corrected chi connectivity index (χ2v) is 4.17. The normalized spacial score (nSPS) is 10.7. The molecule has 0 aliphatic heterocycles. The first-order valence-corrected chi connectivity index (χ1v) is 5.83. The molecule has 0 amide bonds. The number of aromatic nitrogens is 3. The van der Waals surface area contributed by atoms with Gasteiger partial charge in [0.25, 0.3) is 0 Å². The first kappa shape index (κ1) is 11.4. The number of hydrogen-bond acceptors (Lipinski definition) is 3. The standard InChI is InChI=1S/C14H11N3O2/c18-14(19)11-5-3-6-13-12(11)8-16-17(13)9-10-4-1-2-7-15-10/h1-8H,9H2,(H,18,19). The highest BCUT2D eigenvalue weighted by Crippen LogP contribution is 2.19. The average molecular weight is 253 g/mol. The number of aromatic carboxylic acids is 1. The van der Waals surface area contributed by atoms with Gasteiger partial charge in [-0.1, -0.05) is 12.1 Å². The Hall–Kier alpha value is -2.69. The number of nitrogens with zero attached hydrogens (tertiary/aromatic N) is 3. The Labute approximate surface area is 109 Å². The molecule has 5 heteroatoms. The maximum absolute atomic E-state index is 11.1. The zero-order valence-corrected chi connectivity index (χ0v) is 10.0. The molecule has 0 saturated heterocycles. The number of fused-ring (bicyclic) bond motifs is 1. The summed E-state index contributed by atoms with van der Waals surface area (Å²) < 4.78 is 1.75. The van der Waals surface area contributed by atoms with Crippen molar-refractivity contribution in [1.29, 1.82) is 0 Å². The second-order valence-electron chi connectivity index (χ2n) is 4.17. The highest BCUT2D eigenvalue weighted by molar-refractivity contribution is 6.02. The molecule has 0 radical (unpaired) electrons. The smallest absolute Gasteiger partial charge is 0.336 e. The molecule has 1 aromatic carbocycles. The van der Waals surface area contributed by atoms with Crippen molar-refractivity contribution in [3.63, 3.8) is 0 Å². The van der Waals surface area contributed by atoms with Gasteiger partial charge in [0.15, 0.2) is 0 Å². The third-order valence-electron chi connectivity index (χ3n) is 2.96. The Balaban J connectivity index is 2.07. The highest BCUT2D eigenvalue weighted by atomic mass is 16.4. The fourth-order valence-corrected chi connectivity index (χ4v) is 2.06. The van der Waals surface area contributed by atoms with Crippen LogP contribution in [0.15, 0.2) is 48.8 Å². The summed E-state index contributed by atoms with van der Waals surface area (Å²) in [6.45, 7) is 0.521. The molecule has 19 heavy (non-hydrogen) atoms. The van der Waals surface area contributed by atoms with Gasteiger partial charge >= 0.3 is 5.97 Å². The third-order valence-corrected chi connectivity index (χ3v) is 2.96. The Morgan fingerprint density at radius 1 is 1.21 bits per heavy atom. The van der Waals surface area contributed by atoms with Crippen molar-refractivity contribution >= 4 is 16.9 Å². The molecule has 1 N–H and O–H groups in total. The minimum Gasteiger partial charge on any atom is -0.478 e. The molecule has 3 aromatic rings. The summed E-state index contributed by atoms with van der Waals surface area (Å²) in [5.74, 6) is -0.942. The predicted molar refractivity (Wildman–Crippen MR) is 70.0 cm³/mol. The van der Waals surface area contributed by atoms with E-state index in [1.54, 1.807) is 29.2 Å². The topological polar surface area (TPSA) is 68.0 Å². The predicted octanol–water partition coefficient (Wildman–Crippen LogP) is 2.18. The Morgan fingerprint density at radius 3 is 2.84 bits per heavy atom. The summed E-state index contributed by atoms with van der Waals surface area (Å²) in [5.41, 5.74) is 1.95. The molecular formula is C14H11N3O2. The molecule has 0 atom stereocenters. The lowest BCUT2D eigenvalue weighted by Gasteiger charge is -2.03. The number of rotatable bonds is 3. The molecule has 3 rings (SSSR count). The van der Waals surface area contributed by atoms with Gasteiger partial charge in [0.1, 0.15) is 0 Å². The number of benzene rings is 1. The van der Waals surface area contributed by atoms with Crippen molar-refractivity contribution in [2.75, 3.05) is 0 Å². The molecule has 0 fully saturated rings. The van der Waals surface area contributed by atoms with E-state index in [-0.39, 0.29) is 5.56 Å². The van der Waals surface area contributed by atoms with Gasteiger partial charge in [0.05, 0.1) is 29.5 Å². The number of carbonyl (C=O) groups is 1. The molecule has 0 aliphatic carbocycles. The van der Waals surface area contributed by atoms with Crippen molar-refractivity contribution in [1.82, 2.24) is 14.8 Å². The maximum atomic E-state index is 11.1. The van der Waals surface area contributed by atoms with E-state index in [1.165, 1.54) is 0 Å². The summed E-state index contributed by atoms with van der Waals surface area (Å²) in [5, 5.41) is 14.0. The van der Waals surface area contributed by atoms with Gasteiger partial charge in [-0.2, -0.15) is 5.10 Å². The first-order chi connectivity index (χ1) is 9.25. The van der Waals surface area contributed by atoms with Gasteiger partial charge in [0.2, 0.25) is 0 Å². The van der Waals surface area contributed by atoms with Crippen LogP contribution >= 0.6 is 0 Å². The van der Waals surface area contributed by atoms with E-state index < -0.39 is 5.97 Å². The van der Waals surface area contributed by atoms with Crippen LogP contribution in [-0.2, 0) is 6.54 Å². The highest BCUT2D eigenvalue weighted by Gasteiger charge is 2.11. The molecule has 94 valence electrons. The van der Waals surface area contributed by atoms with Crippen LogP contribution in [-0.4, -0.2) is 25.8 Å². The largest absolute Gasteiger partial charge is 0.478 e. The van der Waals surface area contributed by atoms with Crippen molar-refractivity contribution < 1.29 is 9.90 Å². The minimum atomic E-state index is -0.942. The lowest BCUT2D eigenvalue weighted by Crippen LogP contribution is -2.03. The molecular weight excluding hydrogens is 242 g/mol. The molecule has 0 bridgehead atoms. The summed E-state index contributed by atoms with van der Waals surface area (Å²) in [7, 11) is 0. The summed E-state index contributed by atoms with van der Waals surface area (Å²) in [4.78, 5) is 15.4. The van der Waals surface area contributed by atoms with Crippen molar-refractivity contribution in [3.8, 4) is 0 Å². The quantitative estimate of drug-likeness (QED) is 0.776. The SMILES string of the molecule is O=C(O)c1cccc2c1cnn2Cc1ccccn1. The monoisotopic (exact) mass is 253 g/mol. The van der Waals surface area contributed by atoms with Crippen LogP contribution < -0.4 is 0 Å². The van der Waals surface area contributed by atoms with E-state index in [9.17, 15) is 4.79 Å². The van der Waals surface area contributed by atoms with E-state index in [0.717, 1.165) is 11.2 Å². The van der Waals surface area contributed by atoms with Crippen LogP contribution in [0.4, 0.5) is 0 Å². The molecule has 0 spiro atoms. The zero-order chi connectivity index (χ0) is 13.2. The van der Waals surface area contributed by atoms with Crippen LogP contribution in [0.2, 0.25) is 0 Å². The van der Waals surface area contributed by atoms with E-state index in [2.05, 4.69) is 10.1 Å². The lowest BCUT2D eigenvalue weighted by atomic mass is 10.1. The van der Waals surface area contributed by atoms with Gasteiger partial charge in [0, 0.05) is 11.6 Å². The van der Waals surface area contributed by atoms with Crippen molar-refractivity contribution in [2.24, 2.45) is 0 Å². The van der Waals surface area contributed by atoms with Gasteiger partial charge in [-0.05, 0) is 24.3 Å². The molecule has 0 unspecified atom stereocenters. The fraction of sp³-hybridized carbons (Fsp3) is 0.0714. The Bertz CT molecular complexity index is 735. The van der Waals surface area contributed by atoms with Crippen LogP contribution in [0.25, 0.3) is 10.9 Å². The Kier molecular flexibility index (Phi) is 2.72. The van der Waals surface area contributed by atoms with E-state index in [1.807, 2.05) is 24.3 Å². The summed E-state index contributed by atoms with van der Waals surface area (Å²) >= 11 is 0. The average Bonchev–Trinajstić information content (AvgIpc) is 2.83. The molecule has 0 saturated carbocycles. The van der Waals surface area contributed by atoms with E-state index in [4.69, 9.17) is 5.11 Å². The number of pyridine rings is 1. The van der Waals surface area contributed by atoms with Gasteiger partial charge in [-0.3, -0.25) is 9.67 Å². The van der Waals surface area contributed by atoms with Crippen molar-refractivity contribution in [2.45, 2.75) is 6.54 Å². The van der Waals surface area contributed by atoms with Crippen molar-refractivity contribution in [3.05, 3.63) is 60.0 Å². The zero-order valence-electron chi connectivity index (χ0n) is 10.0. The van der Waals surface area contributed by atoms with Crippen LogP contribution in [0, 0.1) is 0 Å². The lowest BCUT2D eigenvalue weighted by molar-refractivity contribution is 0.0699. The fourth-order valence-electron chi connectivity index (χ4n) is 2.06. The summed E-state index contributed by atoms with van der Waals surface area (Å²) in [6, 6.07) is 10.8. The van der Waals surface area contributed by atoms with Gasteiger partial charge < -0.3 is 5.11 Å². The summed E-state index contributed by atoms with van der Waals surface area (Å²) in [6.07, 6.45) is 3.31. The molecule has 2 heterocycles. The third kappa shape index (κ3) is 2.06. The van der Waals surface area contributed by atoms with Crippen LogP contribution in [0.3, 0.4) is 0 Å². The van der Waals surface area contributed by atoms with Crippen LogP contribution in [0.5, 0.6) is 0 Å². The minimum absolute atomic E-state index is 0.268. The molecule has 5 nitrogen and oxygen atoms in total. The van der Waals surface area contributed by atoms with Crippen LogP contribution in [0.1, 0.15) is 16.1 Å². The Morgan fingerprint density at radius 2 is 2.11 bits per heavy atom. The number of hydrogen-bond donors (Lipinski definition) is 1. The maximum Gasteiger partial charge on any atom is 0.336 e. The number of carboxylic acids is 1. The number of carboxylic acid groups (broad SMARTS) is 1. The van der Waals surface area contributed by atoms with Gasteiger partial charge in [-0.25, -0.2) is 4.79 Å². The second kappa shape index (κ2) is 4.53.